The maximum Gasteiger partial charge on any atom is 0.412 e. The Morgan fingerprint density at radius 1 is 1.24 bits per heavy atom. The summed E-state index contributed by atoms with van der Waals surface area (Å²) in [5.41, 5.74) is -1.22. The fourth-order valence-electron chi connectivity index (χ4n) is 3.97. The molecule has 3 atom stereocenters. The van der Waals surface area contributed by atoms with Gasteiger partial charge in [-0.15, -0.1) is 0 Å². The number of aliphatic hydroxyl groups is 1. The minimum Gasteiger partial charge on any atom is -0.444 e. The summed E-state index contributed by atoms with van der Waals surface area (Å²) in [6, 6.07) is 1.67. The second-order valence-corrected chi connectivity index (χ2v) is 9.86. The Bertz CT molecular complexity index is 934. The Balaban J connectivity index is 1.76. The van der Waals surface area contributed by atoms with Gasteiger partial charge in [0.05, 0.1) is 12.6 Å². The molecule has 182 valence electrons. The van der Waals surface area contributed by atoms with Crippen LogP contribution >= 0.6 is 0 Å². The molecule has 4 N–H and O–H groups in total. The number of amides is 3. The number of nitrogens with one attached hydrogen (secondary N) is 3. The van der Waals surface area contributed by atoms with Gasteiger partial charge < -0.3 is 25.0 Å². The molecule has 2 heterocycles. The number of pyridine rings is 1. The molecule has 1 aromatic heterocycles. The van der Waals surface area contributed by atoms with Gasteiger partial charge in [0, 0.05) is 18.7 Å². The van der Waals surface area contributed by atoms with Crippen LogP contribution in [0, 0.1) is 11.8 Å². The number of rotatable bonds is 9. The number of ether oxygens (including phenoxy) is 1. The van der Waals surface area contributed by atoms with Gasteiger partial charge in [0.15, 0.2) is 0 Å². The minimum atomic E-state index is -0.795. The third-order valence-electron chi connectivity index (χ3n) is 5.80. The van der Waals surface area contributed by atoms with Crippen LogP contribution in [0.25, 0.3) is 0 Å². The molecule has 1 saturated heterocycles. The van der Waals surface area contributed by atoms with Gasteiger partial charge in [-0.3, -0.25) is 19.7 Å². The van der Waals surface area contributed by atoms with Crippen LogP contribution in [0.2, 0.25) is 0 Å². The Kier molecular flexibility index (Phi) is 7.78. The molecule has 1 aromatic rings. The summed E-state index contributed by atoms with van der Waals surface area (Å²) in [6.07, 6.45) is 4.21. The van der Waals surface area contributed by atoms with Crippen molar-refractivity contribution in [2.45, 2.75) is 70.6 Å². The molecule has 3 rings (SSSR count). The fraction of sp³-hybridized carbons (Fsp3) is 0.652. The highest BCUT2D eigenvalue weighted by Crippen LogP contribution is 2.36. The standard InChI is InChI=1S/C23H34N4O6/c1-23(2,3)33-22(32)26-17-5-4-10-27(21(17)31)18(11-14-6-7-14)20(30)25-16(13-28)12-15-8-9-24-19(15)29/h4-5,10,14-16,18,28H,6-9,11-13H2,1-3H3,(H,24,29)(H,25,30)(H,26,32)/t15-,16-,18-/m0/s1. The molecule has 2 fully saturated rings. The molecule has 0 unspecified atom stereocenters. The average Bonchev–Trinajstić information content (AvgIpc) is 3.46. The number of carbonyl (C=O) groups is 3. The van der Waals surface area contributed by atoms with Gasteiger partial charge in [-0.25, -0.2) is 4.79 Å². The van der Waals surface area contributed by atoms with Crippen molar-refractivity contribution in [3.8, 4) is 0 Å². The largest absolute Gasteiger partial charge is 0.444 e. The molecular formula is C23H34N4O6. The summed E-state index contributed by atoms with van der Waals surface area (Å²) in [4.78, 5) is 50.3. The molecule has 2 aliphatic rings. The molecule has 3 amide bonds. The van der Waals surface area contributed by atoms with E-state index in [1.165, 1.54) is 16.8 Å². The highest BCUT2D eigenvalue weighted by molar-refractivity contribution is 5.85. The highest BCUT2D eigenvalue weighted by Gasteiger charge is 2.34. The van der Waals surface area contributed by atoms with Crippen molar-refractivity contribution in [3.05, 3.63) is 28.7 Å². The number of aromatic nitrogens is 1. The third-order valence-corrected chi connectivity index (χ3v) is 5.80. The fourth-order valence-corrected chi connectivity index (χ4v) is 3.97. The van der Waals surface area contributed by atoms with E-state index >= 15 is 0 Å². The molecule has 0 spiro atoms. The van der Waals surface area contributed by atoms with E-state index in [1.807, 2.05) is 0 Å². The highest BCUT2D eigenvalue weighted by atomic mass is 16.6. The van der Waals surface area contributed by atoms with E-state index in [9.17, 15) is 24.3 Å². The molecule has 0 aromatic carbocycles. The van der Waals surface area contributed by atoms with Crippen LogP contribution < -0.4 is 21.5 Å². The SMILES string of the molecule is CC(C)(C)OC(=O)Nc1cccn([C@@H](CC2CC2)C(=O)N[C@H](CO)C[C@@H]2CCNC2=O)c1=O. The molecule has 1 aliphatic carbocycles. The van der Waals surface area contributed by atoms with Crippen molar-refractivity contribution in [2.24, 2.45) is 11.8 Å². The van der Waals surface area contributed by atoms with Crippen LogP contribution in [0.4, 0.5) is 10.5 Å². The van der Waals surface area contributed by atoms with E-state index in [0.29, 0.717) is 31.7 Å². The number of anilines is 1. The first-order chi connectivity index (χ1) is 15.6. The lowest BCUT2D eigenvalue weighted by Gasteiger charge is -2.25. The zero-order chi connectivity index (χ0) is 24.2. The molecule has 33 heavy (non-hydrogen) atoms. The summed E-state index contributed by atoms with van der Waals surface area (Å²) >= 11 is 0. The van der Waals surface area contributed by atoms with Crippen LogP contribution in [0.15, 0.2) is 23.1 Å². The van der Waals surface area contributed by atoms with E-state index in [1.54, 1.807) is 26.8 Å². The number of aliphatic hydroxyl groups excluding tert-OH is 1. The second kappa shape index (κ2) is 10.4. The van der Waals surface area contributed by atoms with Crippen molar-refractivity contribution in [1.29, 1.82) is 0 Å². The van der Waals surface area contributed by atoms with Gasteiger partial charge in [-0.05, 0) is 58.1 Å². The van der Waals surface area contributed by atoms with Gasteiger partial charge in [0.25, 0.3) is 5.56 Å². The Hall–Kier alpha value is -2.88. The average molecular weight is 463 g/mol. The summed E-state index contributed by atoms with van der Waals surface area (Å²) in [5.74, 6) is -0.387. The summed E-state index contributed by atoms with van der Waals surface area (Å²) in [7, 11) is 0. The van der Waals surface area contributed by atoms with Crippen LogP contribution in [-0.2, 0) is 14.3 Å². The smallest absolute Gasteiger partial charge is 0.412 e. The first-order valence-corrected chi connectivity index (χ1v) is 11.5. The topological polar surface area (TPSA) is 139 Å². The molecular weight excluding hydrogens is 428 g/mol. The van der Waals surface area contributed by atoms with Gasteiger partial charge in [-0.1, -0.05) is 12.8 Å². The van der Waals surface area contributed by atoms with Crippen molar-refractivity contribution in [2.75, 3.05) is 18.5 Å². The molecule has 1 saturated carbocycles. The van der Waals surface area contributed by atoms with Crippen molar-refractivity contribution < 1.29 is 24.2 Å². The van der Waals surface area contributed by atoms with Gasteiger partial charge in [0.2, 0.25) is 11.8 Å². The Labute approximate surface area is 193 Å². The van der Waals surface area contributed by atoms with Crippen molar-refractivity contribution >= 4 is 23.6 Å². The van der Waals surface area contributed by atoms with Crippen LogP contribution in [0.5, 0.6) is 0 Å². The van der Waals surface area contributed by atoms with Crippen molar-refractivity contribution in [1.82, 2.24) is 15.2 Å². The van der Waals surface area contributed by atoms with E-state index in [2.05, 4.69) is 16.0 Å². The zero-order valence-electron chi connectivity index (χ0n) is 19.4. The van der Waals surface area contributed by atoms with E-state index < -0.39 is 35.2 Å². The number of carbonyl (C=O) groups excluding carboxylic acids is 3. The predicted molar refractivity (Wildman–Crippen MR) is 122 cm³/mol. The zero-order valence-corrected chi connectivity index (χ0v) is 19.4. The van der Waals surface area contributed by atoms with E-state index in [0.717, 1.165) is 12.8 Å². The monoisotopic (exact) mass is 462 g/mol. The third kappa shape index (κ3) is 7.05. The molecule has 1 aliphatic heterocycles. The van der Waals surface area contributed by atoms with Crippen LogP contribution in [0.3, 0.4) is 0 Å². The van der Waals surface area contributed by atoms with Gasteiger partial charge in [0.1, 0.15) is 17.3 Å². The second-order valence-electron chi connectivity index (χ2n) is 9.86. The Morgan fingerprint density at radius 3 is 2.55 bits per heavy atom. The van der Waals surface area contributed by atoms with Gasteiger partial charge in [-0.2, -0.15) is 0 Å². The molecule has 10 heteroatoms. The van der Waals surface area contributed by atoms with E-state index in [-0.39, 0.29) is 24.1 Å². The quantitative estimate of drug-likeness (QED) is 0.439. The Morgan fingerprint density at radius 2 is 1.97 bits per heavy atom. The lowest BCUT2D eigenvalue weighted by molar-refractivity contribution is -0.127. The molecule has 0 radical (unpaired) electrons. The number of nitrogens with zero attached hydrogens (tertiary/aromatic N) is 1. The lowest BCUT2D eigenvalue weighted by Crippen LogP contribution is -2.45. The van der Waals surface area contributed by atoms with Crippen molar-refractivity contribution in [3.63, 3.8) is 0 Å². The summed E-state index contributed by atoms with van der Waals surface area (Å²) < 4.78 is 6.54. The summed E-state index contributed by atoms with van der Waals surface area (Å²) in [5, 5.41) is 17.8. The predicted octanol–water partition coefficient (Wildman–Crippen LogP) is 1.54. The normalized spacial score (nSPS) is 20.0. The maximum atomic E-state index is 13.2. The summed E-state index contributed by atoms with van der Waals surface area (Å²) in [6.45, 7) is 5.45. The van der Waals surface area contributed by atoms with Gasteiger partial charge >= 0.3 is 6.09 Å². The lowest BCUT2D eigenvalue weighted by atomic mass is 9.98. The first kappa shape index (κ1) is 24.8. The molecule has 10 nitrogen and oxygen atoms in total. The van der Waals surface area contributed by atoms with Crippen LogP contribution in [-0.4, -0.2) is 52.4 Å². The van der Waals surface area contributed by atoms with Crippen LogP contribution in [0.1, 0.15) is 58.9 Å². The number of hydrogen-bond acceptors (Lipinski definition) is 6. The molecule has 0 bridgehead atoms. The minimum absolute atomic E-state index is 0.0154. The maximum absolute atomic E-state index is 13.2. The first-order valence-electron chi connectivity index (χ1n) is 11.5. The number of hydrogen-bond donors (Lipinski definition) is 4. The van der Waals surface area contributed by atoms with E-state index in [4.69, 9.17) is 4.74 Å².